The number of hydrogen-bond donors (Lipinski definition) is 0. The third-order valence-corrected chi connectivity index (χ3v) is 3.40. The van der Waals surface area contributed by atoms with Gasteiger partial charge in [-0.05, 0) is 24.8 Å². The van der Waals surface area contributed by atoms with E-state index in [1.54, 1.807) is 0 Å². The Bertz CT molecular complexity index is 328. The van der Waals surface area contributed by atoms with Gasteiger partial charge in [0.1, 0.15) is 5.78 Å². The summed E-state index contributed by atoms with van der Waals surface area (Å²) in [6, 6.07) is 10.4. The van der Waals surface area contributed by atoms with E-state index < -0.39 is 0 Å². The van der Waals surface area contributed by atoms with Crippen LogP contribution >= 0.6 is 0 Å². The maximum atomic E-state index is 11.9. The summed E-state index contributed by atoms with van der Waals surface area (Å²) < 4.78 is 0. The zero-order valence-corrected chi connectivity index (χ0v) is 9.28. The minimum atomic E-state index is 0.274. The molecule has 1 aromatic carbocycles. The quantitative estimate of drug-likeness (QED) is 0.719. The second-order valence-electron chi connectivity index (χ2n) is 4.62. The molecule has 0 radical (unpaired) electrons. The van der Waals surface area contributed by atoms with Crippen LogP contribution in [0.4, 0.5) is 0 Å². The molecule has 0 bridgehead atoms. The number of benzene rings is 1. The topological polar surface area (TPSA) is 17.1 Å². The number of carbonyl (C=O) groups is 1. The molecule has 1 aromatic rings. The molecule has 1 saturated carbocycles. The first-order valence-corrected chi connectivity index (χ1v) is 5.85. The molecule has 1 aliphatic rings. The van der Waals surface area contributed by atoms with Gasteiger partial charge < -0.3 is 0 Å². The van der Waals surface area contributed by atoms with Gasteiger partial charge in [-0.2, -0.15) is 0 Å². The Kier molecular flexibility index (Phi) is 3.20. The summed E-state index contributed by atoms with van der Waals surface area (Å²) in [6.07, 6.45) is 4.32. The lowest BCUT2D eigenvalue weighted by Gasteiger charge is -2.25. The van der Waals surface area contributed by atoms with Gasteiger partial charge in [0.15, 0.2) is 0 Å². The normalized spacial score (nSPS) is 26.6. The van der Waals surface area contributed by atoms with Crippen LogP contribution in [0.15, 0.2) is 30.3 Å². The van der Waals surface area contributed by atoms with Crippen LogP contribution in [0, 0.1) is 11.8 Å². The number of rotatable bonds is 2. The lowest BCUT2D eigenvalue weighted by atomic mass is 9.78. The molecule has 0 unspecified atom stereocenters. The van der Waals surface area contributed by atoms with Gasteiger partial charge in [-0.3, -0.25) is 4.79 Å². The number of Topliss-reactive ketones (excluding diaryl/α,β-unsaturated/α-hetero) is 1. The molecule has 2 rings (SSSR count). The molecular formula is C14H18O. The maximum Gasteiger partial charge on any atom is 0.139 e. The molecule has 0 N–H and O–H groups in total. The van der Waals surface area contributed by atoms with E-state index in [1.165, 1.54) is 12.0 Å². The predicted molar refractivity (Wildman–Crippen MR) is 61.7 cm³/mol. The van der Waals surface area contributed by atoms with Gasteiger partial charge in [-0.1, -0.05) is 43.7 Å². The predicted octanol–water partition coefficient (Wildman–Crippen LogP) is 3.23. The van der Waals surface area contributed by atoms with Crippen LogP contribution in [0.25, 0.3) is 0 Å². The summed E-state index contributed by atoms with van der Waals surface area (Å²) in [5, 5.41) is 0. The first-order valence-electron chi connectivity index (χ1n) is 5.85. The van der Waals surface area contributed by atoms with Crippen molar-refractivity contribution in [3.8, 4) is 0 Å². The van der Waals surface area contributed by atoms with Crippen molar-refractivity contribution >= 4 is 5.78 Å². The molecule has 1 fully saturated rings. The molecule has 1 aliphatic carbocycles. The van der Waals surface area contributed by atoms with Crippen molar-refractivity contribution < 1.29 is 4.79 Å². The van der Waals surface area contributed by atoms with Crippen LogP contribution in [-0.4, -0.2) is 5.78 Å². The highest BCUT2D eigenvalue weighted by atomic mass is 16.1. The standard InChI is InChI=1S/C14H18O/c1-11-6-5-9-13(14(11)15)10-12-7-3-2-4-8-12/h2-4,7-8,11,13H,5-6,9-10H2,1H3/t11-,13-/m0/s1. The van der Waals surface area contributed by atoms with Gasteiger partial charge in [-0.15, -0.1) is 0 Å². The number of carbonyl (C=O) groups excluding carboxylic acids is 1. The van der Waals surface area contributed by atoms with Crippen LogP contribution in [0.3, 0.4) is 0 Å². The first-order chi connectivity index (χ1) is 7.27. The molecule has 0 aromatic heterocycles. The highest BCUT2D eigenvalue weighted by Crippen LogP contribution is 2.27. The minimum absolute atomic E-state index is 0.274. The van der Waals surface area contributed by atoms with Crippen molar-refractivity contribution in [1.29, 1.82) is 0 Å². The van der Waals surface area contributed by atoms with Crippen molar-refractivity contribution in [2.24, 2.45) is 11.8 Å². The molecule has 0 heterocycles. The van der Waals surface area contributed by atoms with Gasteiger partial charge in [0, 0.05) is 11.8 Å². The zero-order valence-electron chi connectivity index (χ0n) is 9.28. The molecule has 0 saturated heterocycles. The third-order valence-electron chi connectivity index (χ3n) is 3.40. The molecule has 80 valence electrons. The highest BCUT2D eigenvalue weighted by molar-refractivity contribution is 5.84. The van der Waals surface area contributed by atoms with Gasteiger partial charge in [0.2, 0.25) is 0 Å². The Labute approximate surface area is 91.5 Å². The van der Waals surface area contributed by atoms with Crippen LogP contribution in [-0.2, 0) is 11.2 Å². The van der Waals surface area contributed by atoms with Gasteiger partial charge in [-0.25, -0.2) is 0 Å². The summed E-state index contributed by atoms with van der Waals surface area (Å²) in [4.78, 5) is 11.9. The van der Waals surface area contributed by atoms with Crippen LogP contribution in [0.1, 0.15) is 31.7 Å². The summed E-state index contributed by atoms with van der Waals surface area (Å²) >= 11 is 0. The first kappa shape index (κ1) is 10.4. The average Bonchev–Trinajstić information content (AvgIpc) is 2.26. The van der Waals surface area contributed by atoms with Gasteiger partial charge >= 0.3 is 0 Å². The fourth-order valence-corrected chi connectivity index (χ4v) is 2.46. The lowest BCUT2D eigenvalue weighted by molar-refractivity contribution is -0.128. The van der Waals surface area contributed by atoms with E-state index in [-0.39, 0.29) is 11.8 Å². The van der Waals surface area contributed by atoms with E-state index in [4.69, 9.17) is 0 Å². The number of hydrogen-bond acceptors (Lipinski definition) is 1. The second kappa shape index (κ2) is 4.61. The van der Waals surface area contributed by atoms with Crippen molar-refractivity contribution in [2.45, 2.75) is 32.6 Å². The Hall–Kier alpha value is -1.11. The highest BCUT2D eigenvalue weighted by Gasteiger charge is 2.27. The van der Waals surface area contributed by atoms with Crippen molar-refractivity contribution in [3.63, 3.8) is 0 Å². The Morgan fingerprint density at radius 1 is 1.20 bits per heavy atom. The number of ketones is 1. The molecule has 1 heteroatoms. The maximum absolute atomic E-state index is 11.9. The van der Waals surface area contributed by atoms with Crippen molar-refractivity contribution in [2.75, 3.05) is 0 Å². The molecule has 15 heavy (non-hydrogen) atoms. The molecule has 1 nitrogen and oxygen atoms in total. The Balaban J connectivity index is 2.03. The summed E-state index contributed by atoms with van der Waals surface area (Å²) in [6.45, 7) is 2.07. The largest absolute Gasteiger partial charge is 0.299 e. The Morgan fingerprint density at radius 3 is 2.67 bits per heavy atom. The monoisotopic (exact) mass is 202 g/mol. The fraction of sp³-hybridized carbons (Fsp3) is 0.500. The average molecular weight is 202 g/mol. The van der Waals surface area contributed by atoms with E-state index >= 15 is 0 Å². The molecule has 0 amide bonds. The van der Waals surface area contributed by atoms with Crippen molar-refractivity contribution in [3.05, 3.63) is 35.9 Å². The van der Waals surface area contributed by atoms with Crippen LogP contribution < -0.4 is 0 Å². The second-order valence-corrected chi connectivity index (χ2v) is 4.62. The van der Waals surface area contributed by atoms with Gasteiger partial charge in [0.25, 0.3) is 0 Å². The minimum Gasteiger partial charge on any atom is -0.299 e. The third kappa shape index (κ3) is 2.47. The molecular weight excluding hydrogens is 184 g/mol. The smallest absolute Gasteiger partial charge is 0.139 e. The van der Waals surface area contributed by atoms with Crippen LogP contribution in [0.5, 0.6) is 0 Å². The van der Waals surface area contributed by atoms with E-state index in [1.807, 2.05) is 18.2 Å². The zero-order chi connectivity index (χ0) is 10.7. The van der Waals surface area contributed by atoms with E-state index in [2.05, 4.69) is 19.1 Å². The van der Waals surface area contributed by atoms with Crippen molar-refractivity contribution in [1.82, 2.24) is 0 Å². The lowest BCUT2D eigenvalue weighted by Crippen LogP contribution is -2.28. The SMILES string of the molecule is C[C@H]1CCC[C@@H](Cc2ccccc2)C1=O. The van der Waals surface area contributed by atoms with Gasteiger partial charge in [0.05, 0.1) is 0 Å². The molecule has 0 spiro atoms. The summed E-state index contributed by atoms with van der Waals surface area (Å²) in [5.74, 6) is 1.04. The van der Waals surface area contributed by atoms with E-state index in [9.17, 15) is 4.79 Å². The Morgan fingerprint density at radius 2 is 1.93 bits per heavy atom. The fourth-order valence-electron chi connectivity index (χ4n) is 2.46. The molecule has 2 atom stereocenters. The van der Waals surface area contributed by atoms with Crippen LogP contribution in [0.2, 0.25) is 0 Å². The summed E-state index contributed by atoms with van der Waals surface area (Å²) in [5.41, 5.74) is 1.30. The molecule has 0 aliphatic heterocycles. The van der Waals surface area contributed by atoms with E-state index in [0.717, 1.165) is 19.3 Å². The van der Waals surface area contributed by atoms with E-state index in [0.29, 0.717) is 5.78 Å². The summed E-state index contributed by atoms with van der Waals surface area (Å²) in [7, 11) is 0.